The Morgan fingerprint density at radius 3 is 2.12 bits per heavy atom. The van der Waals surface area contributed by atoms with Gasteiger partial charge in [-0.3, -0.25) is 14.5 Å². The maximum atomic E-state index is 13.0. The highest BCUT2D eigenvalue weighted by atomic mass is 19.1. The van der Waals surface area contributed by atoms with Crippen molar-refractivity contribution in [3.8, 4) is 0 Å². The lowest BCUT2D eigenvalue weighted by Crippen LogP contribution is -2.46. The zero-order valence-corrected chi connectivity index (χ0v) is 19.3. The lowest BCUT2D eigenvalue weighted by Gasteiger charge is -2.35. The van der Waals surface area contributed by atoms with Crippen molar-refractivity contribution in [2.75, 3.05) is 26.2 Å². The van der Waals surface area contributed by atoms with Crippen LogP contribution in [0.1, 0.15) is 53.0 Å². The first-order chi connectivity index (χ1) is 15.9. The Bertz CT molecular complexity index is 946. The number of rotatable bonds is 5. The molecule has 0 spiro atoms. The molecular formula is C26H32FN3O3. The summed E-state index contributed by atoms with van der Waals surface area (Å²) in [5, 5.41) is 2.99. The minimum atomic E-state index is -0.364. The van der Waals surface area contributed by atoms with Crippen molar-refractivity contribution in [2.24, 2.45) is 0 Å². The van der Waals surface area contributed by atoms with E-state index in [-0.39, 0.29) is 35.9 Å². The summed E-state index contributed by atoms with van der Waals surface area (Å²) in [6.45, 7) is 8.07. The molecule has 0 aromatic heterocycles. The molecular weight excluding hydrogens is 421 g/mol. The third-order valence-corrected chi connectivity index (χ3v) is 6.33. The molecule has 2 aliphatic heterocycles. The normalized spacial score (nSPS) is 22.2. The largest absolute Gasteiger partial charge is 0.373 e. The predicted octanol–water partition coefficient (Wildman–Crippen LogP) is 3.47. The predicted molar refractivity (Wildman–Crippen MR) is 125 cm³/mol. The van der Waals surface area contributed by atoms with Crippen molar-refractivity contribution in [1.29, 1.82) is 0 Å². The number of nitrogens with one attached hydrogen (secondary N) is 1. The first-order valence-electron chi connectivity index (χ1n) is 11.7. The smallest absolute Gasteiger partial charge is 0.253 e. The van der Waals surface area contributed by atoms with Crippen LogP contribution in [0.15, 0.2) is 48.5 Å². The maximum Gasteiger partial charge on any atom is 0.253 e. The third kappa shape index (κ3) is 6.18. The molecule has 2 saturated heterocycles. The van der Waals surface area contributed by atoms with E-state index in [4.69, 9.17) is 4.74 Å². The van der Waals surface area contributed by atoms with Gasteiger partial charge in [0.05, 0.1) is 12.2 Å². The van der Waals surface area contributed by atoms with Gasteiger partial charge < -0.3 is 15.0 Å². The Morgan fingerprint density at radius 1 is 0.939 bits per heavy atom. The van der Waals surface area contributed by atoms with E-state index in [2.05, 4.69) is 24.1 Å². The minimum absolute atomic E-state index is 0.00675. The number of benzene rings is 2. The topological polar surface area (TPSA) is 61.9 Å². The fourth-order valence-corrected chi connectivity index (χ4v) is 4.70. The van der Waals surface area contributed by atoms with Gasteiger partial charge in [-0.05, 0) is 68.7 Å². The summed E-state index contributed by atoms with van der Waals surface area (Å²) < 4.78 is 18.8. The molecule has 2 unspecified atom stereocenters. The summed E-state index contributed by atoms with van der Waals surface area (Å²) in [5.74, 6) is -0.547. The number of piperidine rings is 1. The van der Waals surface area contributed by atoms with Gasteiger partial charge in [-0.25, -0.2) is 4.39 Å². The number of halogens is 1. The second kappa shape index (κ2) is 10.4. The Labute approximate surface area is 194 Å². The quantitative estimate of drug-likeness (QED) is 0.753. The van der Waals surface area contributed by atoms with Crippen molar-refractivity contribution in [3.05, 3.63) is 71.0 Å². The lowest BCUT2D eigenvalue weighted by molar-refractivity contribution is -0.0704. The molecule has 2 fully saturated rings. The van der Waals surface area contributed by atoms with E-state index in [0.29, 0.717) is 37.1 Å². The molecule has 2 aliphatic rings. The van der Waals surface area contributed by atoms with Crippen molar-refractivity contribution in [2.45, 2.75) is 51.5 Å². The van der Waals surface area contributed by atoms with Crippen LogP contribution >= 0.6 is 0 Å². The molecule has 7 heteroatoms. The van der Waals surface area contributed by atoms with Gasteiger partial charge in [0.25, 0.3) is 11.8 Å². The summed E-state index contributed by atoms with van der Waals surface area (Å²) >= 11 is 0. The van der Waals surface area contributed by atoms with E-state index in [9.17, 15) is 14.0 Å². The summed E-state index contributed by atoms with van der Waals surface area (Å²) in [6, 6.07) is 13.4. The van der Waals surface area contributed by atoms with E-state index in [1.807, 2.05) is 29.2 Å². The number of morpholine rings is 1. The molecule has 176 valence electrons. The van der Waals surface area contributed by atoms with Crippen molar-refractivity contribution < 1.29 is 18.7 Å². The van der Waals surface area contributed by atoms with Gasteiger partial charge in [0.2, 0.25) is 0 Å². The highest BCUT2D eigenvalue weighted by Crippen LogP contribution is 2.18. The van der Waals surface area contributed by atoms with Crippen LogP contribution < -0.4 is 5.32 Å². The number of carbonyl (C=O) groups excluding carboxylic acids is 2. The Kier molecular flexibility index (Phi) is 7.40. The molecule has 4 rings (SSSR count). The number of hydrogen-bond donors (Lipinski definition) is 1. The molecule has 2 amide bonds. The highest BCUT2D eigenvalue weighted by molar-refractivity contribution is 5.95. The molecule has 2 aromatic rings. The molecule has 0 bridgehead atoms. The molecule has 0 saturated carbocycles. The standard InChI is InChI=1S/C26H32FN3O3/c1-18-15-29(16-19(2)33-18)17-20-3-5-22(6-4-20)26(32)30-13-11-24(12-14-30)28-25(31)21-7-9-23(27)10-8-21/h3-10,18-19,24H,11-17H2,1-2H3,(H,28,31). The number of ether oxygens (including phenoxy) is 1. The second-order valence-electron chi connectivity index (χ2n) is 9.20. The summed E-state index contributed by atoms with van der Waals surface area (Å²) in [4.78, 5) is 29.5. The molecule has 0 radical (unpaired) electrons. The van der Waals surface area contributed by atoms with Gasteiger partial charge in [-0.1, -0.05) is 12.1 Å². The van der Waals surface area contributed by atoms with Gasteiger partial charge in [0.15, 0.2) is 0 Å². The van der Waals surface area contributed by atoms with Crippen LogP contribution in [0.5, 0.6) is 0 Å². The van der Waals surface area contributed by atoms with E-state index in [1.54, 1.807) is 0 Å². The summed E-state index contributed by atoms with van der Waals surface area (Å²) in [7, 11) is 0. The molecule has 33 heavy (non-hydrogen) atoms. The molecule has 2 heterocycles. The first kappa shape index (κ1) is 23.4. The zero-order chi connectivity index (χ0) is 23.4. The van der Waals surface area contributed by atoms with Gasteiger partial charge in [-0.15, -0.1) is 0 Å². The van der Waals surface area contributed by atoms with Crippen LogP contribution in [-0.2, 0) is 11.3 Å². The molecule has 2 atom stereocenters. The highest BCUT2D eigenvalue weighted by Gasteiger charge is 2.25. The fourth-order valence-electron chi connectivity index (χ4n) is 4.70. The van der Waals surface area contributed by atoms with Gasteiger partial charge in [0.1, 0.15) is 5.82 Å². The summed E-state index contributed by atoms with van der Waals surface area (Å²) in [5.41, 5.74) is 2.32. The SMILES string of the molecule is CC1CN(Cc2ccc(C(=O)N3CCC(NC(=O)c4ccc(F)cc4)CC3)cc2)CC(C)O1. The third-order valence-electron chi connectivity index (χ3n) is 6.33. The van der Waals surface area contributed by atoms with E-state index < -0.39 is 0 Å². The maximum absolute atomic E-state index is 13.0. The Balaban J connectivity index is 1.26. The van der Waals surface area contributed by atoms with Gasteiger partial charge >= 0.3 is 0 Å². The van der Waals surface area contributed by atoms with Crippen molar-refractivity contribution >= 4 is 11.8 Å². The van der Waals surface area contributed by atoms with E-state index in [1.165, 1.54) is 29.8 Å². The van der Waals surface area contributed by atoms with Crippen LogP contribution in [0.2, 0.25) is 0 Å². The Morgan fingerprint density at radius 2 is 1.52 bits per heavy atom. The van der Waals surface area contributed by atoms with Crippen LogP contribution in [0.25, 0.3) is 0 Å². The first-order valence-corrected chi connectivity index (χ1v) is 11.7. The number of hydrogen-bond acceptors (Lipinski definition) is 4. The lowest BCUT2D eigenvalue weighted by atomic mass is 10.0. The number of carbonyl (C=O) groups is 2. The zero-order valence-electron chi connectivity index (χ0n) is 19.3. The number of likely N-dealkylation sites (tertiary alicyclic amines) is 1. The van der Waals surface area contributed by atoms with E-state index >= 15 is 0 Å². The van der Waals surface area contributed by atoms with E-state index in [0.717, 1.165) is 19.6 Å². The average Bonchev–Trinajstić information content (AvgIpc) is 2.79. The molecule has 6 nitrogen and oxygen atoms in total. The van der Waals surface area contributed by atoms with Crippen molar-refractivity contribution in [1.82, 2.24) is 15.1 Å². The van der Waals surface area contributed by atoms with Crippen LogP contribution in [0.3, 0.4) is 0 Å². The van der Waals surface area contributed by atoms with Crippen LogP contribution in [-0.4, -0.2) is 66.0 Å². The van der Waals surface area contributed by atoms with Crippen molar-refractivity contribution in [3.63, 3.8) is 0 Å². The van der Waals surface area contributed by atoms with Crippen LogP contribution in [0, 0.1) is 5.82 Å². The molecule has 2 aromatic carbocycles. The average molecular weight is 454 g/mol. The minimum Gasteiger partial charge on any atom is -0.373 e. The second-order valence-corrected chi connectivity index (χ2v) is 9.20. The Hall–Kier alpha value is -2.77. The van der Waals surface area contributed by atoms with Gasteiger partial charge in [-0.2, -0.15) is 0 Å². The molecule has 0 aliphatic carbocycles. The van der Waals surface area contributed by atoms with Gasteiger partial charge in [0, 0.05) is 49.9 Å². The monoisotopic (exact) mass is 453 g/mol. The fraction of sp³-hybridized carbons (Fsp3) is 0.462. The number of amides is 2. The summed E-state index contributed by atoms with van der Waals surface area (Å²) in [6.07, 6.45) is 1.87. The number of nitrogens with zero attached hydrogens (tertiary/aromatic N) is 2. The van der Waals surface area contributed by atoms with Crippen LogP contribution in [0.4, 0.5) is 4.39 Å². The molecule has 1 N–H and O–H groups in total.